The van der Waals surface area contributed by atoms with E-state index in [0.29, 0.717) is 41.1 Å². The predicted octanol–water partition coefficient (Wildman–Crippen LogP) is 5.77. The molecule has 1 aliphatic heterocycles. The van der Waals surface area contributed by atoms with Gasteiger partial charge in [-0.1, -0.05) is 36.2 Å². The fourth-order valence-corrected chi connectivity index (χ4v) is 5.82. The van der Waals surface area contributed by atoms with Gasteiger partial charge in [0.15, 0.2) is 0 Å². The number of benzene rings is 3. The van der Waals surface area contributed by atoms with Gasteiger partial charge in [0.05, 0.1) is 23.4 Å². The first-order valence-corrected chi connectivity index (χ1v) is 16.2. The summed E-state index contributed by atoms with van der Waals surface area (Å²) in [6.45, 7) is 6.29. The van der Waals surface area contributed by atoms with Crippen LogP contribution in [0.4, 0.5) is 11.4 Å². The average molecular weight is 680 g/mol. The zero-order chi connectivity index (χ0) is 32.8. The summed E-state index contributed by atoms with van der Waals surface area (Å²) >= 11 is 12.7. The lowest BCUT2D eigenvalue weighted by Crippen LogP contribution is -2.35. The highest BCUT2D eigenvalue weighted by molar-refractivity contribution is 6.35. The van der Waals surface area contributed by atoms with Crippen molar-refractivity contribution in [2.75, 3.05) is 36.9 Å². The van der Waals surface area contributed by atoms with E-state index in [9.17, 15) is 4.79 Å². The monoisotopic (exact) mass is 678 g/mol. The molecule has 14 heteroatoms. The molecular formula is C33H36Cl2N8O4. The van der Waals surface area contributed by atoms with E-state index in [1.54, 1.807) is 40.1 Å². The minimum atomic E-state index is -1.16. The largest absolute Gasteiger partial charge is 0.491 e. The van der Waals surface area contributed by atoms with Gasteiger partial charge in [-0.2, -0.15) is 10.2 Å². The van der Waals surface area contributed by atoms with Gasteiger partial charge >= 0.3 is 5.69 Å². The fourth-order valence-electron chi connectivity index (χ4n) is 5.26. The quantitative estimate of drug-likeness (QED) is 0.141. The summed E-state index contributed by atoms with van der Waals surface area (Å²) < 4.78 is 23.4. The lowest BCUT2D eigenvalue weighted by molar-refractivity contribution is -0.190. The predicted molar refractivity (Wildman–Crippen MR) is 181 cm³/mol. The Morgan fingerprint density at radius 2 is 1.72 bits per heavy atom. The summed E-state index contributed by atoms with van der Waals surface area (Å²) in [7, 11) is 0. The molecule has 2 aromatic heterocycles. The number of hydrogen-bond donors (Lipinski definition) is 2. The van der Waals surface area contributed by atoms with Gasteiger partial charge in [0.2, 0.25) is 5.79 Å². The first-order chi connectivity index (χ1) is 22.8. The van der Waals surface area contributed by atoms with Crippen molar-refractivity contribution in [3.05, 3.63) is 112 Å². The highest BCUT2D eigenvalue weighted by atomic mass is 35.5. The van der Waals surface area contributed by atoms with Crippen molar-refractivity contribution >= 4 is 34.6 Å². The SMILES string of the molecule is CC[C@H](C)n1ncn(-c2ccc(NCCNc3ccc(OC[C@@H]4CO[C@@](Cn5cncn5)(c5ccc(Cl)cc5Cl)O4)cc3)cc2)c1=O. The Balaban J connectivity index is 0.967. The van der Waals surface area contributed by atoms with E-state index in [1.807, 2.05) is 62.4 Å². The van der Waals surface area contributed by atoms with Gasteiger partial charge in [0, 0.05) is 35.1 Å². The maximum absolute atomic E-state index is 12.7. The average Bonchev–Trinajstić information content (AvgIpc) is 3.84. The Hall–Kier alpha value is -4.36. The molecular weight excluding hydrogens is 643 g/mol. The first-order valence-electron chi connectivity index (χ1n) is 15.4. The van der Waals surface area contributed by atoms with Crippen molar-refractivity contribution in [3.8, 4) is 11.4 Å². The Labute approximate surface area is 282 Å². The number of nitrogens with zero attached hydrogens (tertiary/aromatic N) is 6. The van der Waals surface area contributed by atoms with Crippen LogP contribution in [0.5, 0.6) is 5.75 Å². The van der Waals surface area contributed by atoms with Crippen LogP contribution in [-0.2, 0) is 21.8 Å². The van der Waals surface area contributed by atoms with Crippen molar-refractivity contribution < 1.29 is 14.2 Å². The van der Waals surface area contributed by atoms with Gasteiger partial charge in [-0.3, -0.25) is 0 Å². The molecule has 1 fully saturated rings. The molecule has 47 heavy (non-hydrogen) atoms. The molecule has 0 saturated carbocycles. The van der Waals surface area contributed by atoms with E-state index < -0.39 is 5.79 Å². The summed E-state index contributed by atoms with van der Waals surface area (Å²) in [4.78, 5) is 16.7. The van der Waals surface area contributed by atoms with Gasteiger partial charge in [0.1, 0.15) is 44.0 Å². The molecule has 3 heterocycles. The molecule has 1 saturated heterocycles. The van der Waals surface area contributed by atoms with Gasteiger partial charge in [-0.25, -0.2) is 23.7 Å². The van der Waals surface area contributed by atoms with Crippen molar-refractivity contribution in [3.63, 3.8) is 0 Å². The van der Waals surface area contributed by atoms with Crippen molar-refractivity contribution in [2.45, 2.75) is 44.7 Å². The molecule has 0 unspecified atom stereocenters. The van der Waals surface area contributed by atoms with E-state index in [0.717, 1.165) is 23.5 Å². The molecule has 12 nitrogen and oxygen atoms in total. The lowest BCUT2D eigenvalue weighted by atomic mass is 10.1. The summed E-state index contributed by atoms with van der Waals surface area (Å²) in [5.41, 5.74) is 3.23. The lowest BCUT2D eigenvalue weighted by Gasteiger charge is -2.29. The zero-order valence-electron chi connectivity index (χ0n) is 26.1. The summed E-state index contributed by atoms with van der Waals surface area (Å²) in [5.74, 6) is -0.450. The second-order valence-corrected chi connectivity index (χ2v) is 12.1. The number of ether oxygens (including phenoxy) is 3. The number of aromatic nitrogens is 6. The number of anilines is 2. The summed E-state index contributed by atoms with van der Waals surface area (Å²) in [6.07, 6.45) is 5.12. The van der Waals surface area contributed by atoms with E-state index in [4.69, 9.17) is 37.4 Å². The van der Waals surface area contributed by atoms with E-state index in [2.05, 4.69) is 25.8 Å². The highest BCUT2D eigenvalue weighted by Gasteiger charge is 2.45. The summed E-state index contributed by atoms with van der Waals surface area (Å²) in [6, 6.07) is 20.8. The molecule has 2 N–H and O–H groups in total. The number of rotatable bonds is 14. The molecule has 1 aliphatic rings. The Morgan fingerprint density at radius 1 is 1.00 bits per heavy atom. The van der Waals surface area contributed by atoms with Crippen LogP contribution in [-0.4, -0.2) is 61.5 Å². The van der Waals surface area contributed by atoms with Crippen LogP contribution in [0.25, 0.3) is 5.69 Å². The smallest absolute Gasteiger partial charge is 0.350 e. The molecule has 3 aromatic carbocycles. The number of nitrogens with one attached hydrogen (secondary N) is 2. The van der Waals surface area contributed by atoms with E-state index >= 15 is 0 Å². The second-order valence-electron chi connectivity index (χ2n) is 11.2. The third-order valence-corrected chi connectivity index (χ3v) is 8.51. The van der Waals surface area contributed by atoms with Crippen LogP contribution in [0.15, 0.2) is 90.5 Å². The molecule has 0 amide bonds. The standard InChI is InChI=1S/C33H36Cl2N8O4/c1-3-23(2)43-32(44)42(22-40-43)27-9-5-25(6-10-27)37-14-15-38-26-7-11-28(12-8-26)45-17-29-18-46-33(47-29,19-41-21-36-20-39-41)30-13-4-24(34)16-31(30)35/h4-13,16,20-23,29,37-38H,3,14-15,17-19H2,1-2H3/t23-,29+,33+/m0/s1. The molecule has 5 aromatic rings. The van der Waals surface area contributed by atoms with Crippen molar-refractivity contribution in [2.24, 2.45) is 0 Å². The number of halogens is 2. The van der Waals surface area contributed by atoms with E-state index in [-0.39, 0.29) is 31.0 Å². The van der Waals surface area contributed by atoms with Gasteiger partial charge < -0.3 is 24.8 Å². The van der Waals surface area contributed by atoms with Crippen molar-refractivity contribution in [1.82, 2.24) is 29.1 Å². The molecule has 0 bridgehead atoms. The van der Waals surface area contributed by atoms with Crippen LogP contribution in [0.2, 0.25) is 10.0 Å². The first kappa shape index (κ1) is 32.6. The third-order valence-electron chi connectivity index (χ3n) is 7.96. The third kappa shape index (κ3) is 7.62. The van der Waals surface area contributed by atoms with Crippen LogP contribution < -0.4 is 21.1 Å². The van der Waals surface area contributed by atoms with Gasteiger partial charge in [0.25, 0.3) is 0 Å². The normalized spacial score (nSPS) is 18.3. The topological polar surface area (TPSA) is 122 Å². The second kappa shape index (κ2) is 14.6. The molecule has 0 aliphatic carbocycles. The fraction of sp³-hybridized carbons (Fsp3) is 0.333. The minimum Gasteiger partial charge on any atom is -0.491 e. The highest BCUT2D eigenvalue weighted by Crippen LogP contribution is 2.40. The molecule has 6 rings (SSSR count). The zero-order valence-corrected chi connectivity index (χ0v) is 27.6. The minimum absolute atomic E-state index is 0.0579. The number of hydrogen-bond acceptors (Lipinski definition) is 9. The van der Waals surface area contributed by atoms with Crippen molar-refractivity contribution in [1.29, 1.82) is 0 Å². The van der Waals surface area contributed by atoms with E-state index in [1.165, 1.54) is 11.0 Å². The van der Waals surface area contributed by atoms with Gasteiger partial charge in [-0.15, -0.1) is 0 Å². The molecule has 0 radical (unpaired) electrons. The molecule has 3 atom stereocenters. The summed E-state index contributed by atoms with van der Waals surface area (Å²) in [5, 5.41) is 16.2. The molecule has 0 spiro atoms. The van der Waals surface area contributed by atoms with Crippen LogP contribution >= 0.6 is 23.2 Å². The maximum atomic E-state index is 12.7. The van der Waals surface area contributed by atoms with Crippen LogP contribution in [0.3, 0.4) is 0 Å². The Bertz CT molecular complexity index is 1810. The van der Waals surface area contributed by atoms with Gasteiger partial charge in [-0.05, 0) is 74.0 Å². The van der Waals surface area contributed by atoms with Crippen LogP contribution in [0, 0.1) is 0 Å². The Kier molecular flexibility index (Phi) is 10.1. The maximum Gasteiger partial charge on any atom is 0.350 e. The van der Waals surface area contributed by atoms with Crippen LogP contribution in [0.1, 0.15) is 31.9 Å². The Morgan fingerprint density at radius 3 is 2.38 bits per heavy atom. The molecule has 246 valence electrons.